The largest absolute Gasteiger partial charge is 0.332 e. The zero-order valence-corrected chi connectivity index (χ0v) is 16.8. The molecule has 4 aromatic rings. The van der Waals surface area contributed by atoms with E-state index in [0.717, 1.165) is 21.2 Å². The van der Waals surface area contributed by atoms with Crippen molar-refractivity contribution in [3.63, 3.8) is 0 Å². The van der Waals surface area contributed by atoms with Crippen molar-refractivity contribution in [1.29, 1.82) is 0 Å². The van der Waals surface area contributed by atoms with Gasteiger partial charge in [-0.2, -0.15) is 5.10 Å². The molecular weight excluding hydrogens is 420 g/mol. The number of nitrogens with zero attached hydrogens (tertiary/aromatic N) is 2. The minimum Gasteiger partial charge on any atom is -0.332 e. The molecule has 0 aliphatic heterocycles. The van der Waals surface area contributed by atoms with Crippen LogP contribution in [-0.4, -0.2) is 14.9 Å². The van der Waals surface area contributed by atoms with Crippen molar-refractivity contribution in [2.45, 2.75) is 6.54 Å². The Bertz CT molecular complexity index is 1080. The molecule has 4 nitrogen and oxygen atoms in total. The maximum atomic E-state index is 5.47. The Labute approximate surface area is 171 Å². The Balaban J connectivity index is 1.42. The van der Waals surface area contributed by atoms with E-state index in [9.17, 15) is 0 Å². The highest BCUT2D eigenvalue weighted by Crippen LogP contribution is 2.23. The standard InChI is InChI=1S/C21H17BrN4S/c22-17-10-8-15(9-11-17)13-26-14-18(12-23-26)24-21(27)25-20-7-3-5-16-4-1-2-6-19(16)20/h1-12,14H,13H2,(H2,24,25,27). The predicted octanol–water partition coefficient (Wildman–Crippen LogP) is 5.66. The van der Waals surface area contributed by atoms with Crippen LogP contribution in [0.4, 0.5) is 11.4 Å². The van der Waals surface area contributed by atoms with Crippen molar-refractivity contribution in [3.8, 4) is 0 Å². The highest BCUT2D eigenvalue weighted by atomic mass is 79.9. The number of rotatable bonds is 4. The Kier molecular flexibility index (Phi) is 5.18. The van der Waals surface area contributed by atoms with Gasteiger partial charge in [-0.25, -0.2) is 0 Å². The second-order valence-corrected chi connectivity index (χ2v) is 7.48. The van der Waals surface area contributed by atoms with Gasteiger partial charge in [0, 0.05) is 21.7 Å². The summed E-state index contributed by atoms with van der Waals surface area (Å²) in [5.41, 5.74) is 3.02. The van der Waals surface area contributed by atoms with Crippen molar-refractivity contribution < 1.29 is 0 Å². The number of fused-ring (bicyclic) bond motifs is 1. The zero-order chi connectivity index (χ0) is 18.6. The first-order valence-electron chi connectivity index (χ1n) is 8.50. The fourth-order valence-electron chi connectivity index (χ4n) is 2.91. The second kappa shape index (κ2) is 7.90. The molecule has 1 aromatic heterocycles. The lowest BCUT2D eigenvalue weighted by Gasteiger charge is -2.11. The summed E-state index contributed by atoms with van der Waals surface area (Å²) in [6, 6.07) is 22.6. The molecule has 0 atom stereocenters. The lowest BCUT2D eigenvalue weighted by Crippen LogP contribution is -2.18. The van der Waals surface area contributed by atoms with E-state index in [1.165, 1.54) is 10.9 Å². The van der Waals surface area contributed by atoms with Gasteiger partial charge < -0.3 is 10.6 Å². The molecule has 0 bridgehead atoms. The third kappa shape index (κ3) is 4.35. The Morgan fingerprint density at radius 3 is 2.59 bits per heavy atom. The molecule has 3 aromatic carbocycles. The number of halogens is 1. The average molecular weight is 437 g/mol. The Morgan fingerprint density at radius 2 is 1.74 bits per heavy atom. The molecule has 0 amide bonds. The van der Waals surface area contributed by atoms with Crippen LogP contribution in [0.5, 0.6) is 0 Å². The van der Waals surface area contributed by atoms with E-state index in [2.05, 4.69) is 62.0 Å². The number of benzene rings is 3. The number of aromatic nitrogens is 2. The summed E-state index contributed by atoms with van der Waals surface area (Å²) >= 11 is 8.92. The van der Waals surface area contributed by atoms with Crippen molar-refractivity contribution in [2.24, 2.45) is 0 Å². The van der Waals surface area contributed by atoms with E-state index < -0.39 is 0 Å². The first-order chi connectivity index (χ1) is 13.2. The van der Waals surface area contributed by atoms with Gasteiger partial charge in [-0.3, -0.25) is 4.68 Å². The zero-order valence-electron chi connectivity index (χ0n) is 14.4. The van der Waals surface area contributed by atoms with E-state index in [0.29, 0.717) is 11.7 Å². The molecule has 0 unspecified atom stereocenters. The first kappa shape index (κ1) is 17.7. The molecule has 1 heterocycles. The smallest absolute Gasteiger partial charge is 0.175 e. The highest BCUT2D eigenvalue weighted by molar-refractivity contribution is 9.10. The van der Waals surface area contributed by atoms with Gasteiger partial charge in [0.15, 0.2) is 5.11 Å². The molecule has 0 saturated carbocycles. The molecule has 0 aliphatic carbocycles. The van der Waals surface area contributed by atoms with Crippen molar-refractivity contribution >= 4 is 55.4 Å². The van der Waals surface area contributed by atoms with Crippen molar-refractivity contribution in [2.75, 3.05) is 10.6 Å². The molecule has 6 heteroatoms. The summed E-state index contributed by atoms with van der Waals surface area (Å²) in [4.78, 5) is 0. The molecule has 27 heavy (non-hydrogen) atoms. The van der Waals surface area contributed by atoms with Crippen LogP contribution in [0.1, 0.15) is 5.56 Å². The lowest BCUT2D eigenvalue weighted by atomic mass is 10.1. The minimum atomic E-state index is 0.537. The monoisotopic (exact) mass is 436 g/mol. The molecule has 0 aliphatic rings. The molecule has 2 N–H and O–H groups in total. The molecule has 4 rings (SSSR count). The maximum absolute atomic E-state index is 5.47. The summed E-state index contributed by atoms with van der Waals surface area (Å²) in [7, 11) is 0. The van der Waals surface area contributed by atoms with Gasteiger partial charge in [0.1, 0.15) is 0 Å². The third-order valence-electron chi connectivity index (χ3n) is 4.19. The van der Waals surface area contributed by atoms with E-state index in [1.807, 2.05) is 47.3 Å². The van der Waals surface area contributed by atoms with E-state index in [-0.39, 0.29) is 0 Å². The number of thiocarbonyl (C=S) groups is 1. The van der Waals surface area contributed by atoms with Gasteiger partial charge in [0.05, 0.1) is 18.4 Å². The van der Waals surface area contributed by atoms with E-state index in [4.69, 9.17) is 12.2 Å². The first-order valence-corrected chi connectivity index (χ1v) is 9.70. The Morgan fingerprint density at radius 1 is 0.963 bits per heavy atom. The van der Waals surface area contributed by atoms with Crippen LogP contribution >= 0.6 is 28.1 Å². The summed E-state index contributed by atoms with van der Waals surface area (Å²) < 4.78 is 2.95. The van der Waals surface area contributed by atoms with Crippen LogP contribution < -0.4 is 10.6 Å². The van der Waals surface area contributed by atoms with Crippen LogP contribution in [0.25, 0.3) is 10.8 Å². The van der Waals surface area contributed by atoms with E-state index >= 15 is 0 Å². The normalized spacial score (nSPS) is 10.7. The molecular formula is C21H17BrN4S. The number of hydrogen-bond donors (Lipinski definition) is 2. The van der Waals surface area contributed by atoms with Gasteiger partial charge in [-0.15, -0.1) is 0 Å². The maximum Gasteiger partial charge on any atom is 0.175 e. The van der Waals surface area contributed by atoms with Crippen molar-refractivity contribution in [1.82, 2.24) is 9.78 Å². The SMILES string of the molecule is S=C(Nc1cnn(Cc2ccc(Br)cc2)c1)Nc1cccc2ccccc12. The third-order valence-corrected chi connectivity index (χ3v) is 4.92. The predicted molar refractivity (Wildman–Crippen MR) is 119 cm³/mol. The van der Waals surface area contributed by atoms with Crippen LogP contribution in [-0.2, 0) is 6.54 Å². The Hall–Kier alpha value is -2.70. The average Bonchev–Trinajstić information content (AvgIpc) is 3.10. The number of hydrogen-bond acceptors (Lipinski definition) is 2. The molecule has 134 valence electrons. The number of anilines is 2. The summed E-state index contributed by atoms with van der Waals surface area (Å²) in [6.45, 7) is 0.707. The van der Waals surface area contributed by atoms with Gasteiger partial charge >= 0.3 is 0 Å². The second-order valence-electron chi connectivity index (χ2n) is 6.16. The highest BCUT2D eigenvalue weighted by Gasteiger charge is 2.05. The van der Waals surface area contributed by atoms with E-state index in [1.54, 1.807) is 6.20 Å². The lowest BCUT2D eigenvalue weighted by molar-refractivity contribution is 0.687. The van der Waals surface area contributed by atoms with Gasteiger partial charge in [-0.1, -0.05) is 64.5 Å². The topological polar surface area (TPSA) is 41.9 Å². The summed E-state index contributed by atoms with van der Waals surface area (Å²) in [6.07, 6.45) is 3.72. The molecule has 0 radical (unpaired) electrons. The number of nitrogens with one attached hydrogen (secondary N) is 2. The van der Waals surface area contributed by atoms with Gasteiger partial charge in [-0.05, 0) is 41.4 Å². The summed E-state index contributed by atoms with van der Waals surface area (Å²) in [5, 5.41) is 13.7. The molecule has 0 fully saturated rings. The fourth-order valence-corrected chi connectivity index (χ4v) is 3.40. The fraction of sp³-hybridized carbons (Fsp3) is 0.0476. The van der Waals surface area contributed by atoms with Crippen LogP contribution in [0, 0.1) is 0 Å². The van der Waals surface area contributed by atoms with Crippen LogP contribution in [0.3, 0.4) is 0 Å². The van der Waals surface area contributed by atoms with Gasteiger partial charge in [0.2, 0.25) is 0 Å². The van der Waals surface area contributed by atoms with Gasteiger partial charge in [0.25, 0.3) is 0 Å². The molecule has 0 saturated heterocycles. The van der Waals surface area contributed by atoms with Crippen molar-refractivity contribution in [3.05, 3.63) is 89.2 Å². The quantitative estimate of drug-likeness (QED) is 0.405. The van der Waals surface area contributed by atoms with Crippen LogP contribution in [0.15, 0.2) is 83.6 Å². The summed E-state index contributed by atoms with van der Waals surface area (Å²) in [5.74, 6) is 0. The minimum absolute atomic E-state index is 0.537. The molecule has 0 spiro atoms. The van der Waals surface area contributed by atoms with Crippen LogP contribution in [0.2, 0.25) is 0 Å².